The van der Waals surface area contributed by atoms with Gasteiger partial charge in [0.15, 0.2) is 5.82 Å². The topological polar surface area (TPSA) is 104 Å². The largest absolute Gasteiger partial charge is 0.488 e. The van der Waals surface area contributed by atoms with E-state index in [0.717, 1.165) is 11.1 Å². The predicted molar refractivity (Wildman–Crippen MR) is 147 cm³/mol. The Morgan fingerprint density at radius 3 is 2.75 bits per heavy atom. The smallest absolute Gasteiger partial charge is 0.306 e. The Labute approximate surface area is 232 Å². The van der Waals surface area contributed by atoms with Crippen LogP contribution >= 0.6 is 0 Å². The van der Waals surface area contributed by atoms with Gasteiger partial charge in [-0.25, -0.2) is 17.5 Å². The molecule has 2 atom stereocenters. The third-order valence-electron chi connectivity index (χ3n) is 7.18. The van der Waals surface area contributed by atoms with Gasteiger partial charge in [-0.05, 0) is 61.2 Å². The molecular weight excluding hydrogens is 535 g/mol. The number of hydrogen-bond donors (Lipinski definition) is 0. The Morgan fingerprint density at radius 1 is 1.20 bits per heavy atom. The number of ether oxygens (including phenoxy) is 2. The quantitative estimate of drug-likeness (QED) is 0.304. The highest BCUT2D eigenvalue weighted by Gasteiger charge is 2.34. The van der Waals surface area contributed by atoms with Crippen LogP contribution in [-0.2, 0) is 33.1 Å². The molecule has 4 aromatic rings. The van der Waals surface area contributed by atoms with Gasteiger partial charge < -0.3 is 9.47 Å². The number of benzene rings is 3. The van der Waals surface area contributed by atoms with Crippen LogP contribution in [0, 0.1) is 12.7 Å². The van der Waals surface area contributed by atoms with Gasteiger partial charge in [0.25, 0.3) is 0 Å². The van der Waals surface area contributed by atoms with E-state index in [1.807, 2.05) is 32.0 Å². The molecule has 0 N–H and O–H groups in total. The van der Waals surface area contributed by atoms with Crippen molar-refractivity contribution in [3.8, 4) is 5.75 Å². The summed E-state index contributed by atoms with van der Waals surface area (Å²) in [6.07, 6.45) is -0.467. The molecule has 3 aromatic carbocycles. The molecule has 0 fully saturated rings. The van der Waals surface area contributed by atoms with Crippen molar-refractivity contribution >= 4 is 27.0 Å². The molecule has 0 saturated heterocycles. The Hall–Kier alpha value is -3.83. The van der Waals surface area contributed by atoms with Crippen molar-refractivity contribution in [3.05, 3.63) is 82.7 Å². The van der Waals surface area contributed by atoms with Crippen LogP contribution < -0.4 is 4.74 Å². The van der Waals surface area contributed by atoms with Gasteiger partial charge in [-0.2, -0.15) is 4.31 Å². The Morgan fingerprint density at radius 2 is 1.98 bits per heavy atom. The molecule has 0 saturated carbocycles. The second kappa shape index (κ2) is 11.0. The van der Waals surface area contributed by atoms with Gasteiger partial charge in [0, 0.05) is 19.5 Å². The molecule has 1 aliphatic rings. The third kappa shape index (κ3) is 5.18. The first-order chi connectivity index (χ1) is 19.1. The van der Waals surface area contributed by atoms with Crippen LogP contribution in [0.15, 0.2) is 59.5 Å². The van der Waals surface area contributed by atoms with Gasteiger partial charge in [-0.15, -0.1) is 5.10 Å². The Bertz CT molecular complexity index is 1690. The predicted octanol–water partition coefficient (Wildman–Crippen LogP) is 4.47. The average molecular weight is 567 g/mol. The lowest BCUT2D eigenvalue weighted by atomic mass is 9.86. The van der Waals surface area contributed by atoms with Gasteiger partial charge in [0.05, 0.1) is 25.1 Å². The summed E-state index contributed by atoms with van der Waals surface area (Å²) in [6, 6.07) is 15.5. The maximum Gasteiger partial charge on any atom is 0.306 e. The second-order valence-electron chi connectivity index (χ2n) is 9.97. The third-order valence-corrected chi connectivity index (χ3v) is 9.03. The highest BCUT2D eigenvalue weighted by Crippen LogP contribution is 2.36. The van der Waals surface area contributed by atoms with E-state index in [9.17, 15) is 13.2 Å². The van der Waals surface area contributed by atoms with Crippen LogP contribution in [0.3, 0.4) is 0 Å². The van der Waals surface area contributed by atoms with Gasteiger partial charge in [0.2, 0.25) is 10.0 Å². The number of esters is 1. The molecule has 1 unspecified atom stereocenters. The number of nitrogens with zero attached hydrogens (tertiary/aromatic N) is 4. The van der Waals surface area contributed by atoms with Crippen LogP contribution in [0.2, 0.25) is 0 Å². The van der Waals surface area contributed by atoms with Crippen LogP contribution in [-0.4, -0.2) is 52.9 Å². The normalized spacial score (nSPS) is 17.6. The fraction of sp³-hybridized carbons (Fsp3) is 0.345. The molecule has 40 heavy (non-hydrogen) atoms. The maximum atomic E-state index is 15.8. The van der Waals surface area contributed by atoms with E-state index in [1.165, 1.54) is 8.99 Å². The number of aryl methyl sites for hydroxylation is 2. The van der Waals surface area contributed by atoms with Crippen LogP contribution in [0.5, 0.6) is 5.75 Å². The maximum absolute atomic E-state index is 15.8. The van der Waals surface area contributed by atoms with Crippen LogP contribution in [0.4, 0.5) is 4.39 Å². The lowest BCUT2D eigenvalue weighted by Gasteiger charge is -2.24. The second-order valence-corrected chi connectivity index (χ2v) is 11.9. The summed E-state index contributed by atoms with van der Waals surface area (Å²) >= 11 is 0. The first kappa shape index (κ1) is 27.7. The van der Waals surface area contributed by atoms with Gasteiger partial charge >= 0.3 is 5.97 Å². The summed E-state index contributed by atoms with van der Waals surface area (Å²) in [4.78, 5) is 12.8. The summed E-state index contributed by atoms with van der Waals surface area (Å²) in [6.45, 7) is 5.88. The molecule has 0 bridgehead atoms. The van der Waals surface area contributed by atoms with Crippen LogP contribution in [0.1, 0.15) is 48.4 Å². The first-order valence-electron chi connectivity index (χ1n) is 13.1. The number of aromatic nitrogens is 3. The van der Waals surface area contributed by atoms with E-state index >= 15 is 4.39 Å². The number of rotatable bonds is 7. The summed E-state index contributed by atoms with van der Waals surface area (Å²) < 4.78 is 57.0. The number of carbonyl (C=O) groups is 1. The molecule has 0 aliphatic carbocycles. The highest BCUT2D eigenvalue weighted by molar-refractivity contribution is 7.89. The molecule has 1 aromatic heterocycles. The van der Waals surface area contributed by atoms with Crippen molar-refractivity contribution < 1.29 is 27.1 Å². The molecule has 5 rings (SSSR count). The number of fused-ring (bicyclic) bond motifs is 2. The molecule has 0 spiro atoms. The van der Waals surface area contributed by atoms with E-state index in [-0.39, 0.29) is 48.2 Å². The van der Waals surface area contributed by atoms with Gasteiger partial charge in [0.1, 0.15) is 22.3 Å². The number of para-hydroxylation sites is 1. The summed E-state index contributed by atoms with van der Waals surface area (Å²) in [5.74, 6) is -1.38. The van der Waals surface area contributed by atoms with Gasteiger partial charge in [-0.1, -0.05) is 41.6 Å². The minimum absolute atomic E-state index is 0.0852. The number of hydrogen-bond acceptors (Lipinski definition) is 7. The van der Waals surface area contributed by atoms with E-state index in [4.69, 9.17) is 9.47 Å². The molecule has 11 heteroatoms. The highest BCUT2D eigenvalue weighted by atomic mass is 32.2. The van der Waals surface area contributed by atoms with Crippen LogP contribution in [0.25, 0.3) is 11.0 Å². The molecule has 2 heterocycles. The fourth-order valence-electron chi connectivity index (χ4n) is 5.11. The van der Waals surface area contributed by atoms with Crippen molar-refractivity contribution in [1.82, 2.24) is 19.3 Å². The van der Waals surface area contributed by atoms with Crippen molar-refractivity contribution in [2.75, 3.05) is 13.2 Å². The minimum atomic E-state index is -3.85. The number of halogens is 1. The Balaban J connectivity index is 1.56. The molecule has 0 radical (unpaired) electrons. The zero-order chi connectivity index (χ0) is 28.6. The van der Waals surface area contributed by atoms with Gasteiger partial charge in [-0.3, -0.25) is 4.79 Å². The van der Waals surface area contributed by atoms with E-state index in [2.05, 4.69) is 10.3 Å². The zero-order valence-corrected chi connectivity index (χ0v) is 23.6. The lowest BCUT2D eigenvalue weighted by Crippen LogP contribution is -2.35. The minimum Gasteiger partial charge on any atom is -0.488 e. The van der Waals surface area contributed by atoms with E-state index < -0.39 is 27.7 Å². The molecular formula is C29H31FN4O5S. The standard InChI is InChI=1S/C29H31FN4O5S/c1-5-38-27(35)15-23(22-12-13-24-29(28(22)30)31-32-33(24)4)20-11-10-18(2)21(14-20)17-34-16-19(3)39-25-8-6-7-9-26(25)40(34,36)37/h6-14,19,23H,5,15-17H2,1-4H3/t19-,23?/m1/s1. The Kier molecular flexibility index (Phi) is 7.61. The summed E-state index contributed by atoms with van der Waals surface area (Å²) in [5.41, 5.74) is 3.20. The molecule has 9 nitrogen and oxygen atoms in total. The first-order valence-corrected chi connectivity index (χ1v) is 14.5. The lowest BCUT2D eigenvalue weighted by molar-refractivity contribution is -0.143. The number of sulfonamides is 1. The molecule has 1 aliphatic heterocycles. The fourth-order valence-corrected chi connectivity index (χ4v) is 6.72. The molecule has 0 amide bonds. The summed E-state index contributed by atoms with van der Waals surface area (Å²) in [7, 11) is -2.17. The van der Waals surface area contributed by atoms with E-state index in [1.54, 1.807) is 50.4 Å². The van der Waals surface area contributed by atoms with Crippen molar-refractivity contribution in [2.45, 2.75) is 50.7 Å². The molecule has 210 valence electrons. The number of carbonyl (C=O) groups excluding carboxylic acids is 1. The van der Waals surface area contributed by atoms with Crippen molar-refractivity contribution in [1.29, 1.82) is 0 Å². The van der Waals surface area contributed by atoms with Crippen molar-refractivity contribution in [3.63, 3.8) is 0 Å². The van der Waals surface area contributed by atoms with E-state index in [0.29, 0.717) is 16.8 Å². The zero-order valence-electron chi connectivity index (χ0n) is 22.8. The SMILES string of the molecule is CCOC(=O)CC(c1ccc(C)c(CN2C[C@@H](C)Oc3ccccc3S2(=O)=O)c1)c1ccc2c(nnn2C)c1F. The summed E-state index contributed by atoms with van der Waals surface area (Å²) in [5, 5.41) is 7.88. The monoisotopic (exact) mass is 566 g/mol. The van der Waals surface area contributed by atoms with Crippen molar-refractivity contribution in [2.24, 2.45) is 7.05 Å². The average Bonchev–Trinajstić information content (AvgIpc) is 3.26.